The molecule has 1 amide bonds. The van der Waals surface area contributed by atoms with E-state index in [2.05, 4.69) is 20.6 Å². The Hall–Kier alpha value is -3.43. The number of rotatable bonds is 4. The maximum atomic E-state index is 12.6. The molecule has 2 N–H and O–H groups in total. The van der Waals surface area contributed by atoms with Crippen molar-refractivity contribution >= 4 is 11.7 Å². The Balaban J connectivity index is 1.75. The van der Waals surface area contributed by atoms with Crippen molar-refractivity contribution < 1.29 is 18.0 Å². The Kier molecular flexibility index (Phi) is 5.04. The number of carbonyl (C=O) groups excluding carboxylic acids is 1. The van der Waals surface area contributed by atoms with E-state index in [0.29, 0.717) is 16.8 Å². The molecule has 2 aromatic heterocycles. The molecule has 3 rings (SSSR count). The molecule has 0 unspecified atom stereocenters. The minimum atomic E-state index is -4.39. The second-order valence-corrected chi connectivity index (χ2v) is 6.22. The summed E-state index contributed by atoms with van der Waals surface area (Å²) in [4.78, 5) is 26.1. The number of H-pyrrole nitrogens is 1. The normalized spacial score (nSPS) is 11.5. The number of aryl methyl sites for hydroxylation is 1. The number of alkyl halides is 3. The van der Waals surface area contributed by atoms with Crippen LogP contribution in [0.25, 0.3) is 0 Å². The lowest BCUT2D eigenvalue weighted by molar-refractivity contribution is -0.137. The highest BCUT2D eigenvalue weighted by atomic mass is 19.4. The molecule has 0 aliphatic rings. The van der Waals surface area contributed by atoms with Gasteiger partial charge in [0.25, 0.3) is 5.91 Å². The smallest absolute Gasteiger partial charge is 0.328 e. The van der Waals surface area contributed by atoms with Crippen LogP contribution in [0.2, 0.25) is 0 Å². The molecule has 146 valence electrons. The first-order valence-corrected chi connectivity index (χ1v) is 8.22. The van der Waals surface area contributed by atoms with E-state index < -0.39 is 17.6 Å². The van der Waals surface area contributed by atoms with Gasteiger partial charge in [-0.2, -0.15) is 13.2 Å². The highest BCUT2D eigenvalue weighted by molar-refractivity contribution is 6.04. The topological polar surface area (TPSA) is 92.7 Å². The Morgan fingerprint density at radius 1 is 1.21 bits per heavy atom. The predicted octanol–water partition coefficient (Wildman–Crippen LogP) is 2.90. The molecule has 0 radical (unpaired) electrons. The number of nitrogens with zero attached hydrogens (tertiary/aromatic N) is 3. The summed E-state index contributed by atoms with van der Waals surface area (Å²) in [6.07, 6.45) is -3.08. The van der Waals surface area contributed by atoms with Gasteiger partial charge in [0.1, 0.15) is 0 Å². The molecule has 7 nitrogen and oxygen atoms in total. The molecule has 3 aromatic rings. The number of halogens is 3. The van der Waals surface area contributed by atoms with Crippen LogP contribution in [-0.2, 0) is 12.7 Å². The first-order valence-electron chi connectivity index (χ1n) is 8.22. The molecule has 0 saturated heterocycles. The lowest BCUT2D eigenvalue weighted by atomic mass is 10.1. The zero-order valence-electron chi connectivity index (χ0n) is 15.0. The summed E-state index contributed by atoms with van der Waals surface area (Å²) in [5.74, 6) is -0.235. The number of aromatic nitrogens is 4. The third-order valence-electron chi connectivity index (χ3n) is 4.20. The maximum Gasteiger partial charge on any atom is 0.416 e. The van der Waals surface area contributed by atoms with Crippen molar-refractivity contribution in [1.29, 1.82) is 0 Å². The highest BCUT2D eigenvalue weighted by Crippen LogP contribution is 2.29. The minimum Gasteiger partial charge on any atom is -0.328 e. The van der Waals surface area contributed by atoms with Gasteiger partial charge in [-0.1, -0.05) is 17.3 Å². The number of anilines is 1. The second kappa shape index (κ2) is 7.29. The zero-order chi connectivity index (χ0) is 20.5. The molecular weight excluding hydrogens is 375 g/mol. The average molecular weight is 391 g/mol. The fourth-order valence-electron chi connectivity index (χ4n) is 2.59. The van der Waals surface area contributed by atoms with Crippen LogP contribution in [0, 0.1) is 13.8 Å². The van der Waals surface area contributed by atoms with Gasteiger partial charge in [-0.15, -0.1) is 5.10 Å². The van der Waals surface area contributed by atoms with Crippen LogP contribution in [0.1, 0.15) is 32.7 Å². The van der Waals surface area contributed by atoms with Crippen molar-refractivity contribution in [2.24, 2.45) is 0 Å². The number of amides is 1. The summed E-state index contributed by atoms with van der Waals surface area (Å²) in [6, 6.07) is 6.05. The van der Waals surface area contributed by atoms with E-state index in [1.807, 2.05) is 0 Å². The summed E-state index contributed by atoms with van der Waals surface area (Å²) >= 11 is 0. The number of carbonyl (C=O) groups is 1. The Labute approximate surface area is 157 Å². The van der Waals surface area contributed by atoms with Crippen LogP contribution in [0.4, 0.5) is 19.0 Å². The second-order valence-electron chi connectivity index (χ2n) is 6.22. The largest absolute Gasteiger partial charge is 0.416 e. The van der Waals surface area contributed by atoms with Gasteiger partial charge in [0, 0.05) is 12.3 Å². The summed E-state index contributed by atoms with van der Waals surface area (Å²) in [7, 11) is 0. The van der Waals surface area contributed by atoms with E-state index in [1.54, 1.807) is 13.8 Å². The molecule has 10 heteroatoms. The molecule has 0 aliphatic carbocycles. The molecule has 0 saturated carbocycles. The molecule has 0 fully saturated rings. The van der Waals surface area contributed by atoms with E-state index in [9.17, 15) is 22.8 Å². The minimum absolute atomic E-state index is 0.199. The lowest BCUT2D eigenvalue weighted by Gasteiger charge is -2.09. The van der Waals surface area contributed by atoms with Crippen LogP contribution in [0.15, 0.2) is 41.3 Å². The lowest BCUT2D eigenvalue weighted by Crippen LogP contribution is -2.17. The summed E-state index contributed by atoms with van der Waals surface area (Å²) in [5.41, 5.74) is 0.904. The van der Waals surface area contributed by atoms with E-state index in [0.717, 1.165) is 12.1 Å². The quantitative estimate of drug-likeness (QED) is 0.715. The summed E-state index contributed by atoms with van der Waals surface area (Å²) in [6.45, 7) is 3.52. The number of hydrogen-bond acceptors (Lipinski definition) is 4. The number of benzene rings is 1. The Bertz CT molecular complexity index is 1070. The van der Waals surface area contributed by atoms with Gasteiger partial charge in [-0.3, -0.25) is 9.59 Å². The molecule has 1 aromatic carbocycles. The number of pyridine rings is 1. The molecule has 28 heavy (non-hydrogen) atoms. The van der Waals surface area contributed by atoms with E-state index in [-0.39, 0.29) is 23.5 Å². The monoisotopic (exact) mass is 391 g/mol. The standard InChI is InChI=1S/C18H16F3N5O2/c1-10-7-15(27)22-8-14(10)17(28)23-16-11(2)26(25-24-16)9-12-3-5-13(6-4-12)18(19,20)21/h3-8H,9H2,1-2H3,(H,22,27)(H,23,28). The van der Waals surface area contributed by atoms with Crippen molar-refractivity contribution in [3.63, 3.8) is 0 Å². The predicted molar refractivity (Wildman–Crippen MR) is 95.1 cm³/mol. The summed E-state index contributed by atoms with van der Waals surface area (Å²) in [5, 5.41) is 10.5. The van der Waals surface area contributed by atoms with Gasteiger partial charge >= 0.3 is 6.18 Å². The molecule has 2 heterocycles. The molecule has 0 aliphatic heterocycles. The van der Waals surface area contributed by atoms with Gasteiger partial charge in [0.2, 0.25) is 5.56 Å². The Morgan fingerprint density at radius 3 is 2.50 bits per heavy atom. The van der Waals surface area contributed by atoms with Crippen LogP contribution >= 0.6 is 0 Å². The van der Waals surface area contributed by atoms with E-state index >= 15 is 0 Å². The number of aromatic amines is 1. The van der Waals surface area contributed by atoms with Crippen LogP contribution < -0.4 is 10.9 Å². The van der Waals surface area contributed by atoms with Gasteiger partial charge in [-0.25, -0.2) is 4.68 Å². The van der Waals surface area contributed by atoms with Crippen molar-refractivity contribution in [2.75, 3.05) is 5.32 Å². The van der Waals surface area contributed by atoms with Gasteiger partial charge < -0.3 is 10.3 Å². The fourth-order valence-corrected chi connectivity index (χ4v) is 2.59. The van der Waals surface area contributed by atoms with Crippen LogP contribution in [0.5, 0.6) is 0 Å². The Morgan fingerprint density at radius 2 is 1.89 bits per heavy atom. The molecule has 0 spiro atoms. The van der Waals surface area contributed by atoms with E-state index in [4.69, 9.17) is 0 Å². The van der Waals surface area contributed by atoms with Gasteiger partial charge in [0.05, 0.1) is 23.4 Å². The zero-order valence-corrected chi connectivity index (χ0v) is 15.0. The van der Waals surface area contributed by atoms with Crippen molar-refractivity contribution in [2.45, 2.75) is 26.6 Å². The van der Waals surface area contributed by atoms with Crippen LogP contribution in [-0.4, -0.2) is 25.9 Å². The van der Waals surface area contributed by atoms with Crippen molar-refractivity contribution in [3.05, 3.63) is 74.8 Å². The van der Waals surface area contributed by atoms with Crippen molar-refractivity contribution in [1.82, 2.24) is 20.0 Å². The van der Waals surface area contributed by atoms with E-state index in [1.165, 1.54) is 29.1 Å². The van der Waals surface area contributed by atoms with Crippen molar-refractivity contribution in [3.8, 4) is 0 Å². The maximum absolute atomic E-state index is 12.6. The molecule has 0 bridgehead atoms. The van der Waals surface area contributed by atoms with Gasteiger partial charge in [0.15, 0.2) is 5.82 Å². The average Bonchev–Trinajstić information content (AvgIpc) is 2.94. The van der Waals surface area contributed by atoms with Crippen LogP contribution in [0.3, 0.4) is 0 Å². The SMILES string of the molecule is Cc1cc(=O)[nH]cc1C(=O)Nc1nnn(Cc2ccc(C(F)(F)F)cc2)c1C. The molecular formula is C18H16F3N5O2. The fraction of sp³-hybridized carbons (Fsp3) is 0.222. The van der Waals surface area contributed by atoms with Gasteiger partial charge in [-0.05, 0) is 37.1 Å². The first kappa shape index (κ1) is 19.3. The summed E-state index contributed by atoms with van der Waals surface area (Å²) < 4.78 is 39.4. The highest BCUT2D eigenvalue weighted by Gasteiger charge is 2.30. The third kappa shape index (κ3) is 4.11. The third-order valence-corrected chi connectivity index (χ3v) is 4.20. The first-order chi connectivity index (χ1) is 13.1. The number of nitrogens with one attached hydrogen (secondary N) is 2. The number of hydrogen-bond donors (Lipinski definition) is 2. The molecule has 0 atom stereocenters.